The van der Waals surface area contributed by atoms with Crippen molar-refractivity contribution >= 4 is 15.7 Å². The molecule has 164 valence electrons. The number of piperidine rings is 1. The van der Waals surface area contributed by atoms with Crippen LogP contribution in [0.3, 0.4) is 0 Å². The Kier molecular flexibility index (Phi) is 5.60. The van der Waals surface area contributed by atoms with E-state index in [4.69, 9.17) is 0 Å². The fourth-order valence-electron chi connectivity index (χ4n) is 5.46. The molecular formula is C27H27NO3S. The van der Waals surface area contributed by atoms with Gasteiger partial charge in [-0.15, -0.1) is 0 Å². The Balaban J connectivity index is 1.44. The molecule has 2 aliphatic heterocycles. The zero-order valence-electron chi connectivity index (χ0n) is 17.9. The molecule has 2 aliphatic rings. The third-order valence-corrected chi connectivity index (χ3v) is 9.16. The van der Waals surface area contributed by atoms with Crippen LogP contribution in [0, 0.1) is 0 Å². The van der Waals surface area contributed by atoms with E-state index in [2.05, 4.69) is 0 Å². The molecule has 5 heteroatoms. The number of hydrogen-bond acceptors (Lipinski definition) is 3. The molecule has 0 N–H and O–H groups in total. The van der Waals surface area contributed by atoms with Crippen LogP contribution in [0.5, 0.6) is 0 Å². The maximum atomic E-state index is 14.0. The lowest BCUT2D eigenvalue weighted by molar-refractivity contribution is -0.136. The number of rotatable bonds is 5. The summed E-state index contributed by atoms with van der Waals surface area (Å²) in [6.45, 7) is 0. The molecule has 0 saturated carbocycles. The maximum absolute atomic E-state index is 14.0. The highest BCUT2D eigenvalue weighted by molar-refractivity contribution is 7.92. The minimum absolute atomic E-state index is 0.0281. The zero-order chi connectivity index (χ0) is 22.1. The molecule has 0 aliphatic carbocycles. The van der Waals surface area contributed by atoms with Crippen molar-refractivity contribution in [3.8, 4) is 0 Å². The van der Waals surface area contributed by atoms with Gasteiger partial charge in [0.15, 0.2) is 9.84 Å². The second-order valence-corrected chi connectivity index (χ2v) is 11.1. The molecule has 2 saturated heterocycles. The minimum Gasteiger partial charge on any atom is -0.336 e. The van der Waals surface area contributed by atoms with E-state index in [9.17, 15) is 13.2 Å². The van der Waals surface area contributed by atoms with Crippen LogP contribution in [0.1, 0.15) is 42.7 Å². The fourth-order valence-corrected chi connectivity index (χ4v) is 7.33. The average Bonchev–Trinajstić information content (AvgIpc) is 3.10. The van der Waals surface area contributed by atoms with Crippen LogP contribution in [0.2, 0.25) is 0 Å². The predicted octanol–water partition coefficient (Wildman–Crippen LogP) is 4.81. The van der Waals surface area contributed by atoms with Crippen molar-refractivity contribution in [2.75, 3.05) is 0 Å². The average molecular weight is 446 g/mol. The molecule has 1 amide bonds. The predicted molar refractivity (Wildman–Crippen MR) is 125 cm³/mol. The SMILES string of the molecule is O=C(C(c1ccccc1)c1ccccc1)N1C2CCC1CC(S(=O)(=O)c1ccccc1)C2. The Labute approximate surface area is 189 Å². The summed E-state index contributed by atoms with van der Waals surface area (Å²) in [6, 6.07) is 28.5. The number of fused-ring (bicyclic) bond motifs is 2. The summed E-state index contributed by atoms with van der Waals surface area (Å²) in [5, 5.41) is -0.432. The van der Waals surface area contributed by atoms with Crippen LogP contribution in [-0.2, 0) is 14.6 Å². The van der Waals surface area contributed by atoms with Gasteiger partial charge in [0.2, 0.25) is 5.91 Å². The lowest BCUT2D eigenvalue weighted by Crippen LogP contribution is -2.51. The highest BCUT2D eigenvalue weighted by Crippen LogP contribution is 2.42. The second kappa shape index (κ2) is 8.55. The Morgan fingerprint density at radius 3 is 1.62 bits per heavy atom. The molecule has 0 radical (unpaired) electrons. The topological polar surface area (TPSA) is 54.5 Å². The number of sulfone groups is 1. The molecule has 2 bridgehead atoms. The molecule has 3 aromatic carbocycles. The fraction of sp³-hybridized carbons (Fsp3) is 0.296. The number of amides is 1. The molecular weight excluding hydrogens is 418 g/mol. The maximum Gasteiger partial charge on any atom is 0.235 e. The van der Waals surface area contributed by atoms with Crippen molar-refractivity contribution in [1.29, 1.82) is 0 Å². The van der Waals surface area contributed by atoms with Crippen LogP contribution in [-0.4, -0.2) is 36.6 Å². The number of nitrogens with zero attached hydrogens (tertiary/aromatic N) is 1. The molecule has 2 fully saturated rings. The van der Waals surface area contributed by atoms with E-state index in [1.165, 1.54) is 0 Å². The summed E-state index contributed by atoms with van der Waals surface area (Å²) in [5.41, 5.74) is 1.95. The van der Waals surface area contributed by atoms with Gasteiger partial charge in [-0.1, -0.05) is 78.9 Å². The van der Waals surface area contributed by atoms with Gasteiger partial charge in [-0.05, 0) is 48.9 Å². The van der Waals surface area contributed by atoms with Crippen molar-refractivity contribution in [3.05, 3.63) is 102 Å². The van der Waals surface area contributed by atoms with Crippen molar-refractivity contribution in [2.24, 2.45) is 0 Å². The monoisotopic (exact) mass is 445 g/mol. The van der Waals surface area contributed by atoms with Gasteiger partial charge in [0, 0.05) is 12.1 Å². The standard InChI is InChI=1S/C27H27NO3S/c29-27(26(20-10-4-1-5-11-20)21-12-6-2-7-13-21)28-22-16-17-23(28)19-25(18-22)32(30,31)24-14-8-3-9-15-24/h1-15,22-23,25-26H,16-19H2. The first-order valence-electron chi connectivity index (χ1n) is 11.3. The summed E-state index contributed by atoms with van der Waals surface area (Å²) in [6.07, 6.45) is 2.76. The Bertz CT molecular complexity index is 1130. The molecule has 3 aromatic rings. The highest BCUT2D eigenvalue weighted by atomic mass is 32.2. The molecule has 2 heterocycles. The van der Waals surface area contributed by atoms with E-state index < -0.39 is 15.1 Å². The van der Waals surface area contributed by atoms with Crippen LogP contribution < -0.4 is 0 Å². The Hall–Kier alpha value is -2.92. The van der Waals surface area contributed by atoms with Gasteiger partial charge >= 0.3 is 0 Å². The number of carbonyl (C=O) groups is 1. The van der Waals surface area contributed by atoms with Crippen LogP contribution >= 0.6 is 0 Å². The number of benzene rings is 3. The summed E-state index contributed by atoms with van der Waals surface area (Å²) in [5.74, 6) is -0.284. The number of carbonyl (C=O) groups excluding carboxylic acids is 1. The molecule has 0 spiro atoms. The highest BCUT2D eigenvalue weighted by Gasteiger charge is 2.48. The van der Waals surface area contributed by atoms with E-state index in [0.717, 1.165) is 24.0 Å². The van der Waals surface area contributed by atoms with E-state index in [-0.39, 0.29) is 23.9 Å². The van der Waals surface area contributed by atoms with Gasteiger partial charge in [0.1, 0.15) is 0 Å². The van der Waals surface area contributed by atoms with Gasteiger partial charge in [-0.3, -0.25) is 4.79 Å². The van der Waals surface area contributed by atoms with Gasteiger partial charge in [-0.2, -0.15) is 0 Å². The quantitative estimate of drug-likeness (QED) is 0.566. The smallest absolute Gasteiger partial charge is 0.235 e. The van der Waals surface area contributed by atoms with E-state index in [0.29, 0.717) is 17.7 Å². The third-order valence-electron chi connectivity index (χ3n) is 6.97. The largest absolute Gasteiger partial charge is 0.336 e. The van der Waals surface area contributed by atoms with Crippen molar-refractivity contribution in [3.63, 3.8) is 0 Å². The molecule has 2 atom stereocenters. The first-order chi connectivity index (χ1) is 15.6. The summed E-state index contributed by atoms with van der Waals surface area (Å²) < 4.78 is 26.5. The second-order valence-electron chi connectivity index (χ2n) is 8.84. The Morgan fingerprint density at radius 1 is 0.719 bits per heavy atom. The summed E-state index contributed by atoms with van der Waals surface area (Å²) >= 11 is 0. The lowest BCUT2D eigenvalue weighted by Gasteiger charge is -2.40. The van der Waals surface area contributed by atoms with Gasteiger partial charge in [-0.25, -0.2) is 8.42 Å². The van der Waals surface area contributed by atoms with Crippen LogP contribution in [0.4, 0.5) is 0 Å². The third kappa shape index (κ3) is 3.75. The van der Waals surface area contributed by atoms with Crippen molar-refractivity contribution in [1.82, 2.24) is 4.90 Å². The van der Waals surface area contributed by atoms with E-state index in [1.807, 2.05) is 71.6 Å². The van der Waals surface area contributed by atoms with Crippen LogP contribution in [0.15, 0.2) is 95.9 Å². The molecule has 5 rings (SSSR count). The minimum atomic E-state index is -3.40. The summed E-state index contributed by atoms with van der Waals surface area (Å²) in [7, 11) is -3.40. The lowest BCUT2D eigenvalue weighted by atomic mass is 9.88. The van der Waals surface area contributed by atoms with Crippen molar-refractivity contribution in [2.45, 2.75) is 53.8 Å². The molecule has 0 aromatic heterocycles. The van der Waals surface area contributed by atoms with Gasteiger partial charge in [0.25, 0.3) is 0 Å². The molecule has 2 unspecified atom stereocenters. The van der Waals surface area contributed by atoms with Crippen molar-refractivity contribution < 1.29 is 13.2 Å². The Morgan fingerprint density at radius 2 is 1.16 bits per heavy atom. The molecule has 32 heavy (non-hydrogen) atoms. The van der Waals surface area contributed by atoms with E-state index >= 15 is 0 Å². The zero-order valence-corrected chi connectivity index (χ0v) is 18.7. The van der Waals surface area contributed by atoms with Gasteiger partial charge in [0.05, 0.1) is 16.1 Å². The molecule has 4 nitrogen and oxygen atoms in total. The normalized spacial score (nSPS) is 22.8. The first kappa shape index (κ1) is 21.0. The summed E-state index contributed by atoms with van der Waals surface area (Å²) in [4.78, 5) is 16.4. The van der Waals surface area contributed by atoms with E-state index in [1.54, 1.807) is 24.3 Å². The first-order valence-corrected chi connectivity index (χ1v) is 12.8. The van der Waals surface area contributed by atoms with Gasteiger partial charge < -0.3 is 4.90 Å². The van der Waals surface area contributed by atoms with Crippen LogP contribution in [0.25, 0.3) is 0 Å². The number of hydrogen-bond donors (Lipinski definition) is 0.